The number of hydrogen-bond donors (Lipinski definition) is 1. The molecule has 3 aromatic carbocycles. The third-order valence-corrected chi connectivity index (χ3v) is 6.09. The SMILES string of the molecule is C=CCN1C(=O)c2ccccc2Sc2ccc(C(=O)NCCc3ccccc3)cc21. The molecule has 4 rings (SSSR count). The average molecular weight is 415 g/mol. The molecule has 0 spiro atoms. The van der Waals surface area contributed by atoms with Crippen molar-refractivity contribution in [3.05, 3.63) is 102 Å². The number of fused-ring (bicyclic) bond motifs is 2. The molecule has 0 saturated carbocycles. The molecule has 0 unspecified atom stereocenters. The minimum Gasteiger partial charge on any atom is -0.352 e. The van der Waals surface area contributed by atoms with Gasteiger partial charge in [0.15, 0.2) is 0 Å². The van der Waals surface area contributed by atoms with Gasteiger partial charge in [-0.3, -0.25) is 9.59 Å². The van der Waals surface area contributed by atoms with Crippen molar-refractivity contribution in [1.82, 2.24) is 5.32 Å². The van der Waals surface area contributed by atoms with Crippen molar-refractivity contribution < 1.29 is 9.59 Å². The van der Waals surface area contributed by atoms with Crippen LogP contribution < -0.4 is 10.2 Å². The Balaban J connectivity index is 1.57. The fraction of sp³-hybridized carbons (Fsp3) is 0.120. The van der Waals surface area contributed by atoms with Gasteiger partial charge in [-0.25, -0.2) is 0 Å². The van der Waals surface area contributed by atoms with Crippen molar-refractivity contribution in [2.24, 2.45) is 0 Å². The highest BCUT2D eigenvalue weighted by Gasteiger charge is 2.27. The van der Waals surface area contributed by atoms with Crippen molar-refractivity contribution in [3.63, 3.8) is 0 Å². The zero-order chi connectivity index (χ0) is 20.9. The first-order valence-electron chi connectivity index (χ1n) is 9.83. The second kappa shape index (κ2) is 9.01. The Kier molecular flexibility index (Phi) is 6.00. The summed E-state index contributed by atoms with van der Waals surface area (Å²) in [5.41, 5.74) is 3.11. The maximum absolute atomic E-state index is 13.2. The summed E-state index contributed by atoms with van der Waals surface area (Å²) in [6.45, 7) is 4.72. The summed E-state index contributed by atoms with van der Waals surface area (Å²) in [6.07, 6.45) is 2.47. The molecule has 0 saturated heterocycles. The Morgan fingerprint density at radius 3 is 2.57 bits per heavy atom. The molecule has 1 N–H and O–H groups in total. The molecule has 1 heterocycles. The normalized spacial score (nSPS) is 12.5. The molecule has 0 radical (unpaired) electrons. The third kappa shape index (κ3) is 4.16. The van der Waals surface area contributed by atoms with E-state index in [9.17, 15) is 9.59 Å². The second-order valence-corrected chi connectivity index (χ2v) is 8.06. The molecule has 3 aromatic rings. The minimum atomic E-state index is -0.147. The van der Waals surface area contributed by atoms with E-state index in [2.05, 4.69) is 11.9 Å². The Labute approximate surface area is 180 Å². The Bertz CT molecular complexity index is 1100. The molecule has 5 heteroatoms. The monoisotopic (exact) mass is 414 g/mol. The molecule has 30 heavy (non-hydrogen) atoms. The maximum Gasteiger partial charge on any atom is 0.259 e. The van der Waals surface area contributed by atoms with Crippen molar-refractivity contribution in [3.8, 4) is 0 Å². The standard InChI is InChI=1S/C25H22N2O2S/c1-2-16-27-21-17-19(24(28)26-15-14-18-8-4-3-5-9-18)12-13-23(21)30-22-11-7-6-10-20(22)25(27)29/h2-13,17H,1,14-16H2,(H,26,28). The molecule has 0 bridgehead atoms. The van der Waals surface area contributed by atoms with Crippen LogP contribution >= 0.6 is 11.8 Å². The number of carbonyl (C=O) groups is 2. The molecule has 0 aliphatic carbocycles. The van der Waals surface area contributed by atoms with Gasteiger partial charge < -0.3 is 10.2 Å². The number of rotatable bonds is 6. The van der Waals surface area contributed by atoms with E-state index in [0.717, 1.165) is 21.9 Å². The fourth-order valence-electron chi connectivity index (χ4n) is 3.44. The van der Waals surface area contributed by atoms with Gasteiger partial charge in [0.2, 0.25) is 0 Å². The summed E-state index contributed by atoms with van der Waals surface area (Å²) in [5, 5.41) is 2.98. The molecule has 150 valence electrons. The van der Waals surface area contributed by atoms with E-state index >= 15 is 0 Å². The zero-order valence-electron chi connectivity index (χ0n) is 16.5. The van der Waals surface area contributed by atoms with Crippen LogP contribution in [0.15, 0.2) is 95.2 Å². The third-order valence-electron chi connectivity index (χ3n) is 4.95. The van der Waals surface area contributed by atoms with Gasteiger partial charge in [-0.1, -0.05) is 60.3 Å². The van der Waals surface area contributed by atoms with Crippen molar-refractivity contribution in [1.29, 1.82) is 0 Å². The summed E-state index contributed by atoms with van der Waals surface area (Å²) in [4.78, 5) is 29.4. The van der Waals surface area contributed by atoms with Crippen LogP contribution in [0.5, 0.6) is 0 Å². The van der Waals surface area contributed by atoms with E-state index < -0.39 is 0 Å². The van der Waals surface area contributed by atoms with E-state index in [0.29, 0.717) is 24.2 Å². The predicted molar refractivity (Wildman–Crippen MR) is 121 cm³/mol. The van der Waals surface area contributed by atoms with Crippen LogP contribution in [-0.2, 0) is 6.42 Å². The van der Waals surface area contributed by atoms with Gasteiger partial charge in [-0.2, -0.15) is 0 Å². The summed E-state index contributed by atoms with van der Waals surface area (Å²) in [6, 6.07) is 23.2. The molecule has 4 nitrogen and oxygen atoms in total. The quantitative estimate of drug-likeness (QED) is 0.580. The zero-order valence-corrected chi connectivity index (χ0v) is 17.3. The van der Waals surface area contributed by atoms with Crippen LogP contribution in [0.4, 0.5) is 5.69 Å². The largest absolute Gasteiger partial charge is 0.352 e. The minimum absolute atomic E-state index is 0.0848. The summed E-state index contributed by atoms with van der Waals surface area (Å²) in [7, 11) is 0. The summed E-state index contributed by atoms with van der Waals surface area (Å²) < 4.78 is 0. The smallest absolute Gasteiger partial charge is 0.259 e. The van der Waals surface area contributed by atoms with Crippen LogP contribution in [0.3, 0.4) is 0 Å². The number of benzene rings is 3. The van der Waals surface area contributed by atoms with E-state index in [1.807, 2.05) is 66.7 Å². The number of anilines is 1. The molecule has 0 fully saturated rings. The first-order valence-corrected chi connectivity index (χ1v) is 10.6. The van der Waals surface area contributed by atoms with Crippen LogP contribution in [0.2, 0.25) is 0 Å². The van der Waals surface area contributed by atoms with Gasteiger partial charge in [0.05, 0.1) is 11.3 Å². The van der Waals surface area contributed by atoms with Crippen molar-refractivity contribution in [2.75, 3.05) is 18.0 Å². The lowest BCUT2D eigenvalue weighted by molar-refractivity contribution is 0.0950. The van der Waals surface area contributed by atoms with Crippen molar-refractivity contribution in [2.45, 2.75) is 16.2 Å². The Hall–Kier alpha value is -3.31. The molecular weight excluding hydrogens is 392 g/mol. The highest BCUT2D eigenvalue weighted by molar-refractivity contribution is 7.99. The van der Waals surface area contributed by atoms with E-state index in [1.165, 1.54) is 5.56 Å². The Morgan fingerprint density at radius 1 is 1.00 bits per heavy atom. The van der Waals surface area contributed by atoms with Crippen LogP contribution in [-0.4, -0.2) is 24.9 Å². The van der Waals surface area contributed by atoms with E-state index in [4.69, 9.17) is 0 Å². The second-order valence-electron chi connectivity index (χ2n) is 6.98. The maximum atomic E-state index is 13.2. The number of hydrogen-bond acceptors (Lipinski definition) is 3. The molecular formula is C25H22N2O2S. The van der Waals surface area contributed by atoms with Crippen LogP contribution in [0, 0.1) is 0 Å². The van der Waals surface area contributed by atoms with Gasteiger partial charge in [0, 0.05) is 28.4 Å². The van der Waals surface area contributed by atoms with Crippen LogP contribution in [0.25, 0.3) is 0 Å². The lowest BCUT2D eigenvalue weighted by atomic mass is 10.1. The van der Waals surface area contributed by atoms with Crippen LogP contribution in [0.1, 0.15) is 26.3 Å². The Morgan fingerprint density at radius 2 is 1.77 bits per heavy atom. The van der Waals surface area contributed by atoms with Gasteiger partial charge in [-0.05, 0) is 42.3 Å². The van der Waals surface area contributed by atoms with Crippen molar-refractivity contribution >= 4 is 29.3 Å². The number of amides is 2. The molecule has 1 aliphatic heterocycles. The van der Waals surface area contributed by atoms with Gasteiger partial charge in [0.1, 0.15) is 0 Å². The highest BCUT2D eigenvalue weighted by Crippen LogP contribution is 2.41. The average Bonchev–Trinajstić information content (AvgIpc) is 2.89. The van der Waals surface area contributed by atoms with Gasteiger partial charge in [-0.15, -0.1) is 6.58 Å². The number of carbonyl (C=O) groups excluding carboxylic acids is 2. The number of nitrogens with zero attached hydrogens (tertiary/aromatic N) is 1. The topological polar surface area (TPSA) is 49.4 Å². The fourth-order valence-corrected chi connectivity index (χ4v) is 4.50. The van der Waals surface area contributed by atoms with E-state index in [-0.39, 0.29) is 11.8 Å². The van der Waals surface area contributed by atoms with E-state index in [1.54, 1.807) is 28.8 Å². The lowest BCUT2D eigenvalue weighted by Crippen LogP contribution is -2.31. The summed E-state index contributed by atoms with van der Waals surface area (Å²) in [5.74, 6) is -0.232. The predicted octanol–water partition coefficient (Wildman–Crippen LogP) is 4.96. The van der Waals surface area contributed by atoms with Gasteiger partial charge in [0.25, 0.3) is 11.8 Å². The molecule has 0 atom stereocenters. The first-order chi connectivity index (χ1) is 14.7. The number of nitrogens with one attached hydrogen (secondary N) is 1. The first kappa shape index (κ1) is 20.0. The summed E-state index contributed by atoms with van der Waals surface area (Å²) >= 11 is 1.54. The van der Waals surface area contributed by atoms with Gasteiger partial charge >= 0.3 is 0 Å². The lowest BCUT2D eigenvalue weighted by Gasteiger charge is -2.22. The molecule has 1 aliphatic rings. The molecule has 2 amide bonds. The molecule has 0 aromatic heterocycles. The highest BCUT2D eigenvalue weighted by atomic mass is 32.2.